The number of carbonyl (C=O) groups excluding carboxylic acids is 2. The van der Waals surface area contributed by atoms with Crippen molar-refractivity contribution in [1.29, 1.82) is 0 Å². The Morgan fingerprint density at radius 1 is 1.36 bits per heavy atom. The Morgan fingerprint density at radius 2 is 2.09 bits per heavy atom. The van der Waals surface area contributed by atoms with Gasteiger partial charge in [0.1, 0.15) is 0 Å². The van der Waals surface area contributed by atoms with Gasteiger partial charge < -0.3 is 16.0 Å². The molecular weight excluding hydrogens is 278 g/mol. The number of nitrogens with two attached hydrogens (primary N) is 1. The van der Waals surface area contributed by atoms with Crippen LogP contribution in [0.25, 0.3) is 0 Å². The first kappa shape index (κ1) is 16.5. The second-order valence-electron chi connectivity index (χ2n) is 5.81. The van der Waals surface area contributed by atoms with Crippen LogP contribution in [-0.2, 0) is 9.59 Å². The summed E-state index contributed by atoms with van der Waals surface area (Å²) in [4.78, 5) is 25.9. The molecule has 1 saturated heterocycles. The fraction of sp³-hybridized carbons (Fsp3) is 0.529. The van der Waals surface area contributed by atoms with Crippen LogP contribution in [0.4, 0.5) is 0 Å². The Kier molecular flexibility index (Phi) is 5.95. The second kappa shape index (κ2) is 7.94. The molecule has 2 rings (SSSR count). The standard InChI is InChI=1S/C17H25N3O2/c1-2-7-14(18)17(22)19-15(13-8-4-3-5-9-13)12-20-11-6-10-16(20)21/h3-5,8-9,14-15H,2,6-7,10-12,18H2,1H3,(H,19,22). The van der Waals surface area contributed by atoms with Gasteiger partial charge in [-0.2, -0.15) is 0 Å². The molecule has 1 aliphatic rings. The van der Waals surface area contributed by atoms with Crippen molar-refractivity contribution in [3.63, 3.8) is 0 Å². The molecule has 2 unspecified atom stereocenters. The minimum Gasteiger partial charge on any atom is -0.346 e. The Balaban J connectivity index is 2.08. The lowest BCUT2D eigenvalue weighted by Gasteiger charge is -2.26. The molecule has 1 fully saturated rings. The van der Waals surface area contributed by atoms with Crippen LogP contribution in [0.2, 0.25) is 0 Å². The number of rotatable bonds is 7. The summed E-state index contributed by atoms with van der Waals surface area (Å²) in [5, 5.41) is 3.01. The number of hydrogen-bond donors (Lipinski definition) is 2. The summed E-state index contributed by atoms with van der Waals surface area (Å²) in [6.45, 7) is 3.27. The smallest absolute Gasteiger partial charge is 0.237 e. The maximum Gasteiger partial charge on any atom is 0.237 e. The van der Waals surface area contributed by atoms with Crippen LogP contribution in [-0.4, -0.2) is 35.8 Å². The van der Waals surface area contributed by atoms with Gasteiger partial charge in [0, 0.05) is 19.5 Å². The highest BCUT2D eigenvalue weighted by atomic mass is 16.2. The van der Waals surface area contributed by atoms with E-state index in [1.54, 1.807) is 0 Å². The van der Waals surface area contributed by atoms with Crippen LogP contribution in [0, 0.1) is 0 Å². The molecule has 1 aliphatic heterocycles. The topological polar surface area (TPSA) is 75.4 Å². The van der Waals surface area contributed by atoms with E-state index in [0.29, 0.717) is 19.4 Å². The van der Waals surface area contributed by atoms with Crippen LogP contribution in [0.15, 0.2) is 30.3 Å². The van der Waals surface area contributed by atoms with Crippen molar-refractivity contribution in [2.24, 2.45) is 5.73 Å². The van der Waals surface area contributed by atoms with Crippen molar-refractivity contribution in [1.82, 2.24) is 10.2 Å². The average Bonchev–Trinajstić information content (AvgIpc) is 2.93. The molecular formula is C17H25N3O2. The third-order valence-electron chi connectivity index (χ3n) is 4.03. The minimum absolute atomic E-state index is 0.151. The zero-order valence-corrected chi connectivity index (χ0v) is 13.1. The number of likely N-dealkylation sites (tertiary alicyclic amines) is 1. The Morgan fingerprint density at radius 3 is 2.68 bits per heavy atom. The SMILES string of the molecule is CCCC(N)C(=O)NC(CN1CCCC1=O)c1ccccc1. The lowest BCUT2D eigenvalue weighted by molar-refractivity contribution is -0.129. The summed E-state index contributed by atoms with van der Waals surface area (Å²) >= 11 is 0. The Labute approximate surface area is 131 Å². The largest absolute Gasteiger partial charge is 0.346 e. The molecule has 0 radical (unpaired) electrons. The fourth-order valence-electron chi connectivity index (χ4n) is 2.76. The number of hydrogen-bond acceptors (Lipinski definition) is 3. The lowest BCUT2D eigenvalue weighted by atomic mass is 10.1. The first-order valence-corrected chi connectivity index (χ1v) is 8.00. The van der Waals surface area contributed by atoms with Crippen LogP contribution in [0.1, 0.15) is 44.2 Å². The molecule has 120 valence electrons. The molecule has 0 saturated carbocycles. The van der Waals surface area contributed by atoms with E-state index in [0.717, 1.165) is 24.9 Å². The third kappa shape index (κ3) is 4.31. The molecule has 22 heavy (non-hydrogen) atoms. The first-order chi connectivity index (χ1) is 10.6. The summed E-state index contributed by atoms with van der Waals surface area (Å²) in [5.41, 5.74) is 6.90. The van der Waals surface area contributed by atoms with Gasteiger partial charge in [0.15, 0.2) is 0 Å². The molecule has 3 N–H and O–H groups in total. The summed E-state index contributed by atoms with van der Waals surface area (Å²) in [5.74, 6) is 0.00962. The maximum absolute atomic E-state index is 12.2. The van der Waals surface area contributed by atoms with E-state index >= 15 is 0 Å². The number of nitrogens with one attached hydrogen (secondary N) is 1. The van der Waals surface area contributed by atoms with E-state index in [-0.39, 0.29) is 17.9 Å². The molecule has 2 amide bonds. The molecule has 5 nitrogen and oxygen atoms in total. The average molecular weight is 303 g/mol. The Hall–Kier alpha value is -1.88. The summed E-state index contributed by atoms with van der Waals surface area (Å²) in [7, 11) is 0. The minimum atomic E-state index is -0.495. The van der Waals surface area contributed by atoms with Crippen molar-refractivity contribution < 1.29 is 9.59 Å². The van der Waals surface area contributed by atoms with Gasteiger partial charge in [-0.15, -0.1) is 0 Å². The fourth-order valence-corrected chi connectivity index (χ4v) is 2.76. The summed E-state index contributed by atoms with van der Waals surface area (Å²) in [6.07, 6.45) is 3.03. The number of nitrogens with zero attached hydrogens (tertiary/aromatic N) is 1. The molecule has 1 heterocycles. The van der Waals surface area contributed by atoms with Crippen LogP contribution >= 0.6 is 0 Å². The normalized spacial score (nSPS) is 17.4. The molecule has 1 aromatic rings. The van der Waals surface area contributed by atoms with Crippen LogP contribution < -0.4 is 11.1 Å². The van der Waals surface area contributed by atoms with E-state index < -0.39 is 6.04 Å². The zero-order valence-electron chi connectivity index (χ0n) is 13.1. The first-order valence-electron chi connectivity index (χ1n) is 8.00. The van der Waals surface area contributed by atoms with Crippen LogP contribution in [0.5, 0.6) is 0 Å². The van der Waals surface area contributed by atoms with Gasteiger partial charge in [0.25, 0.3) is 0 Å². The van der Waals surface area contributed by atoms with Gasteiger partial charge in [0.05, 0.1) is 12.1 Å². The third-order valence-corrected chi connectivity index (χ3v) is 4.03. The summed E-state index contributed by atoms with van der Waals surface area (Å²) in [6, 6.07) is 9.04. The predicted molar refractivity (Wildman–Crippen MR) is 86.0 cm³/mol. The van der Waals surface area contributed by atoms with Crippen molar-refractivity contribution in [3.8, 4) is 0 Å². The zero-order chi connectivity index (χ0) is 15.9. The highest BCUT2D eigenvalue weighted by molar-refractivity contribution is 5.82. The molecule has 2 atom stereocenters. The van der Waals surface area contributed by atoms with Crippen molar-refractivity contribution in [3.05, 3.63) is 35.9 Å². The quantitative estimate of drug-likeness (QED) is 0.803. The molecule has 0 bridgehead atoms. The van der Waals surface area contributed by atoms with Gasteiger partial charge in [-0.1, -0.05) is 43.7 Å². The molecule has 0 aliphatic carbocycles. The highest BCUT2D eigenvalue weighted by Crippen LogP contribution is 2.18. The van der Waals surface area contributed by atoms with E-state index in [1.165, 1.54) is 0 Å². The van der Waals surface area contributed by atoms with Gasteiger partial charge in [-0.3, -0.25) is 9.59 Å². The number of carbonyl (C=O) groups is 2. The van der Waals surface area contributed by atoms with Crippen molar-refractivity contribution in [2.75, 3.05) is 13.1 Å². The molecule has 0 aromatic heterocycles. The van der Waals surface area contributed by atoms with E-state index in [9.17, 15) is 9.59 Å². The lowest BCUT2D eigenvalue weighted by Crippen LogP contribution is -2.45. The van der Waals surface area contributed by atoms with Gasteiger partial charge >= 0.3 is 0 Å². The van der Waals surface area contributed by atoms with Gasteiger partial charge in [-0.25, -0.2) is 0 Å². The van der Waals surface area contributed by atoms with E-state index in [1.807, 2.05) is 42.2 Å². The highest BCUT2D eigenvalue weighted by Gasteiger charge is 2.26. The van der Waals surface area contributed by atoms with Crippen molar-refractivity contribution >= 4 is 11.8 Å². The maximum atomic E-state index is 12.2. The monoisotopic (exact) mass is 303 g/mol. The molecule has 5 heteroatoms. The number of amides is 2. The van der Waals surface area contributed by atoms with E-state index in [2.05, 4.69) is 5.32 Å². The Bertz CT molecular complexity index is 504. The molecule has 1 aromatic carbocycles. The predicted octanol–water partition coefficient (Wildman–Crippen LogP) is 1.59. The second-order valence-corrected chi connectivity index (χ2v) is 5.81. The van der Waals surface area contributed by atoms with Gasteiger partial charge in [-0.05, 0) is 18.4 Å². The van der Waals surface area contributed by atoms with Crippen LogP contribution in [0.3, 0.4) is 0 Å². The number of benzene rings is 1. The van der Waals surface area contributed by atoms with Gasteiger partial charge in [0.2, 0.25) is 11.8 Å². The summed E-state index contributed by atoms with van der Waals surface area (Å²) < 4.78 is 0. The van der Waals surface area contributed by atoms with E-state index in [4.69, 9.17) is 5.73 Å². The molecule has 0 spiro atoms. The van der Waals surface area contributed by atoms with Crippen molar-refractivity contribution in [2.45, 2.75) is 44.7 Å².